The molecular formula is C13H28N2O2. The largest absolute Gasteiger partial charge is 0.465 e. The van der Waals surface area contributed by atoms with Crippen LogP contribution in [0.15, 0.2) is 0 Å². The SMILES string of the molecule is CCOC(=O)C(C)(CCN(C)CC)NC(C)C. The third-order valence-corrected chi connectivity index (χ3v) is 2.87. The van der Waals surface area contributed by atoms with E-state index in [1.807, 2.05) is 27.7 Å². The summed E-state index contributed by atoms with van der Waals surface area (Å²) in [4.78, 5) is 14.2. The molecule has 0 spiro atoms. The minimum Gasteiger partial charge on any atom is -0.465 e. The summed E-state index contributed by atoms with van der Waals surface area (Å²) in [7, 11) is 2.06. The van der Waals surface area contributed by atoms with Gasteiger partial charge >= 0.3 is 5.97 Å². The molecule has 4 heteroatoms. The normalized spacial score (nSPS) is 15.1. The van der Waals surface area contributed by atoms with Gasteiger partial charge in [-0.1, -0.05) is 6.92 Å². The Hall–Kier alpha value is -0.610. The molecule has 17 heavy (non-hydrogen) atoms. The fraction of sp³-hybridized carbons (Fsp3) is 0.923. The van der Waals surface area contributed by atoms with E-state index in [4.69, 9.17) is 4.74 Å². The molecule has 0 saturated carbocycles. The molecule has 0 aliphatic rings. The Labute approximate surface area is 106 Å². The molecule has 0 aromatic heterocycles. The molecule has 0 aliphatic carbocycles. The molecule has 0 fully saturated rings. The van der Waals surface area contributed by atoms with Crippen molar-refractivity contribution in [3.63, 3.8) is 0 Å². The number of nitrogens with one attached hydrogen (secondary N) is 1. The van der Waals surface area contributed by atoms with Crippen LogP contribution in [0.5, 0.6) is 0 Å². The first-order chi connectivity index (χ1) is 7.85. The third kappa shape index (κ3) is 6.03. The van der Waals surface area contributed by atoms with Crippen molar-refractivity contribution >= 4 is 5.97 Å². The minimum atomic E-state index is -0.590. The van der Waals surface area contributed by atoms with E-state index in [1.54, 1.807) is 0 Å². The zero-order valence-corrected chi connectivity index (χ0v) is 12.2. The van der Waals surface area contributed by atoms with Gasteiger partial charge in [-0.05, 0) is 47.7 Å². The second kappa shape index (κ2) is 7.67. The third-order valence-electron chi connectivity index (χ3n) is 2.87. The van der Waals surface area contributed by atoms with E-state index in [0.29, 0.717) is 6.61 Å². The first-order valence-corrected chi connectivity index (χ1v) is 6.49. The number of carbonyl (C=O) groups is 1. The fourth-order valence-corrected chi connectivity index (χ4v) is 1.73. The molecule has 1 N–H and O–H groups in total. The molecule has 0 amide bonds. The van der Waals surface area contributed by atoms with Gasteiger partial charge in [-0.3, -0.25) is 10.1 Å². The van der Waals surface area contributed by atoms with E-state index in [2.05, 4.69) is 24.2 Å². The summed E-state index contributed by atoms with van der Waals surface area (Å²) in [6.45, 7) is 12.3. The summed E-state index contributed by atoms with van der Waals surface area (Å²) >= 11 is 0. The summed E-state index contributed by atoms with van der Waals surface area (Å²) in [5.41, 5.74) is -0.590. The van der Waals surface area contributed by atoms with Crippen molar-refractivity contribution in [2.45, 2.75) is 52.6 Å². The van der Waals surface area contributed by atoms with Crippen molar-refractivity contribution in [2.24, 2.45) is 0 Å². The highest BCUT2D eigenvalue weighted by molar-refractivity contribution is 5.80. The van der Waals surface area contributed by atoms with Crippen LogP contribution in [0.3, 0.4) is 0 Å². The highest BCUT2D eigenvalue weighted by Gasteiger charge is 2.34. The van der Waals surface area contributed by atoms with E-state index in [9.17, 15) is 4.79 Å². The van der Waals surface area contributed by atoms with Crippen LogP contribution in [0.1, 0.15) is 41.0 Å². The Kier molecular flexibility index (Phi) is 7.39. The first-order valence-electron chi connectivity index (χ1n) is 6.49. The van der Waals surface area contributed by atoms with Crippen molar-refractivity contribution in [3.8, 4) is 0 Å². The van der Waals surface area contributed by atoms with Gasteiger partial charge in [0.1, 0.15) is 5.54 Å². The molecule has 0 radical (unpaired) electrons. The molecule has 0 aromatic rings. The minimum absolute atomic E-state index is 0.154. The summed E-state index contributed by atoms with van der Waals surface area (Å²) in [6, 6.07) is 0.260. The zero-order valence-electron chi connectivity index (χ0n) is 12.2. The molecule has 4 nitrogen and oxygen atoms in total. The van der Waals surface area contributed by atoms with Crippen molar-refractivity contribution in [1.82, 2.24) is 10.2 Å². The standard InChI is InChI=1S/C13H28N2O2/c1-7-15(6)10-9-13(5,14-11(3)4)12(16)17-8-2/h11,14H,7-10H2,1-6H3. The topological polar surface area (TPSA) is 41.6 Å². The van der Waals surface area contributed by atoms with E-state index < -0.39 is 5.54 Å². The number of rotatable bonds is 8. The molecule has 0 aliphatic heterocycles. The lowest BCUT2D eigenvalue weighted by atomic mass is 9.96. The number of hydrogen-bond acceptors (Lipinski definition) is 4. The molecule has 1 atom stereocenters. The van der Waals surface area contributed by atoms with Crippen molar-refractivity contribution in [2.75, 3.05) is 26.7 Å². The van der Waals surface area contributed by atoms with Crippen LogP contribution in [0.25, 0.3) is 0 Å². The lowest BCUT2D eigenvalue weighted by Crippen LogP contribution is -2.54. The Morgan fingerprint density at radius 3 is 2.41 bits per heavy atom. The smallest absolute Gasteiger partial charge is 0.326 e. The van der Waals surface area contributed by atoms with Crippen LogP contribution >= 0.6 is 0 Å². The summed E-state index contributed by atoms with van der Waals surface area (Å²) in [5, 5.41) is 3.32. The molecule has 0 rings (SSSR count). The van der Waals surface area contributed by atoms with Gasteiger partial charge in [-0.15, -0.1) is 0 Å². The van der Waals surface area contributed by atoms with Crippen LogP contribution in [0.2, 0.25) is 0 Å². The number of esters is 1. The Balaban J connectivity index is 4.54. The Bertz CT molecular complexity index is 231. The summed E-state index contributed by atoms with van der Waals surface area (Å²) < 4.78 is 5.15. The molecule has 102 valence electrons. The van der Waals surface area contributed by atoms with Crippen LogP contribution in [-0.4, -0.2) is 49.2 Å². The van der Waals surface area contributed by atoms with Gasteiger partial charge in [-0.25, -0.2) is 0 Å². The highest BCUT2D eigenvalue weighted by Crippen LogP contribution is 2.14. The number of nitrogens with zero attached hydrogens (tertiary/aromatic N) is 1. The van der Waals surface area contributed by atoms with Gasteiger partial charge in [-0.2, -0.15) is 0 Å². The van der Waals surface area contributed by atoms with E-state index in [0.717, 1.165) is 19.5 Å². The maximum absolute atomic E-state index is 12.0. The lowest BCUT2D eigenvalue weighted by molar-refractivity contribution is -0.151. The summed E-state index contributed by atoms with van der Waals surface area (Å²) in [5.74, 6) is -0.154. The van der Waals surface area contributed by atoms with Crippen molar-refractivity contribution in [1.29, 1.82) is 0 Å². The lowest BCUT2D eigenvalue weighted by Gasteiger charge is -2.32. The maximum atomic E-state index is 12.0. The van der Waals surface area contributed by atoms with Crippen LogP contribution < -0.4 is 5.32 Å². The first kappa shape index (κ1) is 16.4. The van der Waals surface area contributed by atoms with Gasteiger partial charge in [0, 0.05) is 12.6 Å². The van der Waals surface area contributed by atoms with Gasteiger partial charge in [0.25, 0.3) is 0 Å². The molecule has 0 heterocycles. The number of hydrogen-bond donors (Lipinski definition) is 1. The average molecular weight is 244 g/mol. The fourth-order valence-electron chi connectivity index (χ4n) is 1.73. The second-order valence-corrected chi connectivity index (χ2v) is 5.00. The second-order valence-electron chi connectivity index (χ2n) is 5.00. The molecule has 0 bridgehead atoms. The molecule has 1 unspecified atom stereocenters. The van der Waals surface area contributed by atoms with Crippen molar-refractivity contribution < 1.29 is 9.53 Å². The quantitative estimate of drug-likeness (QED) is 0.659. The van der Waals surface area contributed by atoms with Crippen LogP contribution in [0.4, 0.5) is 0 Å². The summed E-state index contributed by atoms with van der Waals surface area (Å²) in [6.07, 6.45) is 0.758. The van der Waals surface area contributed by atoms with E-state index in [1.165, 1.54) is 0 Å². The highest BCUT2D eigenvalue weighted by atomic mass is 16.5. The average Bonchev–Trinajstić information content (AvgIpc) is 2.25. The number of carbonyl (C=O) groups excluding carboxylic acids is 1. The molecule has 0 saturated heterocycles. The van der Waals surface area contributed by atoms with Crippen LogP contribution in [-0.2, 0) is 9.53 Å². The van der Waals surface area contributed by atoms with E-state index in [-0.39, 0.29) is 12.0 Å². The van der Waals surface area contributed by atoms with Crippen LogP contribution in [0, 0.1) is 0 Å². The van der Waals surface area contributed by atoms with E-state index >= 15 is 0 Å². The Morgan fingerprint density at radius 2 is 2.00 bits per heavy atom. The number of ether oxygens (including phenoxy) is 1. The monoisotopic (exact) mass is 244 g/mol. The van der Waals surface area contributed by atoms with Gasteiger partial charge in [0.05, 0.1) is 6.61 Å². The molecular weight excluding hydrogens is 216 g/mol. The maximum Gasteiger partial charge on any atom is 0.326 e. The Morgan fingerprint density at radius 1 is 1.41 bits per heavy atom. The molecule has 0 aromatic carbocycles. The van der Waals surface area contributed by atoms with Gasteiger partial charge in [0.15, 0.2) is 0 Å². The predicted octanol–water partition coefficient (Wildman–Crippen LogP) is 1.65. The van der Waals surface area contributed by atoms with Crippen molar-refractivity contribution in [3.05, 3.63) is 0 Å². The van der Waals surface area contributed by atoms with Gasteiger partial charge < -0.3 is 9.64 Å². The predicted molar refractivity (Wildman–Crippen MR) is 71.1 cm³/mol. The van der Waals surface area contributed by atoms with Gasteiger partial charge in [0.2, 0.25) is 0 Å². The zero-order chi connectivity index (χ0) is 13.5.